The first-order chi connectivity index (χ1) is 11.5. The highest BCUT2D eigenvalue weighted by Gasteiger charge is 2.53. The van der Waals surface area contributed by atoms with Crippen molar-refractivity contribution in [3.63, 3.8) is 0 Å². The molecule has 0 radical (unpaired) electrons. The molecule has 4 rings (SSSR count). The molecule has 132 valence electrons. The topological polar surface area (TPSA) is 65.7 Å². The summed E-state index contributed by atoms with van der Waals surface area (Å²) in [5.74, 6) is -0.0358. The zero-order valence-corrected chi connectivity index (χ0v) is 15.7. The van der Waals surface area contributed by atoms with Crippen molar-refractivity contribution in [2.75, 3.05) is 0 Å². The molecule has 0 amide bonds. The molecule has 0 spiro atoms. The Morgan fingerprint density at radius 3 is 2.24 bits per heavy atom. The number of Topliss-reactive ketones (excluding diaryl/α,β-unsaturated/α-hetero) is 1. The third-order valence-electron chi connectivity index (χ3n) is 5.92. The number of hydrogen-bond acceptors (Lipinski definition) is 5. The molecule has 1 saturated carbocycles. The standard InChI is InChI=1S/C18H24BN3O3/c1-11(23)12-9-13(18(6)7-8-18)22-15(20-12)10-14(21-22)19-24-16(2,3)17(4,5)25-19/h9-10H,7-8H2,1-6H3. The predicted molar refractivity (Wildman–Crippen MR) is 95.3 cm³/mol. The van der Waals surface area contributed by atoms with Crippen molar-refractivity contribution in [3.05, 3.63) is 23.5 Å². The zero-order valence-electron chi connectivity index (χ0n) is 15.7. The molecular formula is C18H24BN3O3. The van der Waals surface area contributed by atoms with Crippen LogP contribution in [0.25, 0.3) is 5.65 Å². The van der Waals surface area contributed by atoms with E-state index in [1.54, 1.807) is 6.92 Å². The Kier molecular flexibility index (Phi) is 3.29. The fourth-order valence-corrected chi connectivity index (χ4v) is 3.13. The Hall–Kier alpha value is -1.73. The van der Waals surface area contributed by atoms with Gasteiger partial charge >= 0.3 is 7.12 Å². The van der Waals surface area contributed by atoms with Crippen LogP contribution in [0, 0.1) is 0 Å². The summed E-state index contributed by atoms with van der Waals surface area (Å²) in [5.41, 5.74) is 2.09. The first-order valence-electron chi connectivity index (χ1n) is 8.80. The van der Waals surface area contributed by atoms with E-state index < -0.39 is 18.3 Å². The minimum absolute atomic E-state index is 0.0358. The third-order valence-corrected chi connectivity index (χ3v) is 5.92. The number of nitrogens with zero attached hydrogens (tertiary/aromatic N) is 3. The second-order valence-corrected chi connectivity index (χ2v) is 8.57. The van der Waals surface area contributed by atoms with E-state index in [0.717, 1.165) is 18.5 Å². The number of hydrogen-bond donors (Lipinski definition) is 0. The second-order valence-electron chi connectivity index (χ2n) is 8.57. The lowest BCUT2D eigenvalue weighted by atomic mass is 9.85. The summed E-state index contributed by atoms with van der Waals surface area (Å²) in [6.07, 6.45) is 2.18. The fourth-order valence-electron chi connectivity index (χ4n) is 3.13. The van der Waals surface area contributed by atoms with Crippen LogP contribution in [0.1, 0.15) is 70.6 Å². The number of carbonyl (C=O) groups excluding carboxylic acids is 1. The van der Waals surface area contributed by atoms with Crippen LogP contribution < -0.4 is 5.59 Å². The highest BCUT2D eigenvalue weighted by Crippen LogP contribution is 2.47. The highest BCUT2D eigenvalue weighted by atomic mass is 16.7. The maximum Gasteiger partial charge on any atom is 0.516 e. The van der Waals surface area contributed by atoms with E-state index in [9.17, 15) is 4.79 Å². The van der Waals surface area contributed by atoms with Crippen molar-refractivity contribution in [2.24, 2.45) is 0 Å². The zero-order chi connectivity index (χ0) is 18.2. The lowest BCUT2D eigenvalue weighted by Crippen LogP contribution is -2.41. The molecule has 1 saturated heterocycles. The van der Waals surface area contributed by atoms with E-state index in [2.05, 4.69) is 11.9 Å². The van der Waals surface area contributed by atoms with E-state index in [0.29, 0.717) is 16.9 Å². The van der Waals surface area contributed by atoms with E-state index in [4.69, 9.17) is 14.4 Å². The van der Waals surface area contributed by atoms with Crippen LogP contribution in [0.3, 0.4) is 0 Å². The number of carbonyl (C=O) groups is 1. The van der Waals surface area contributed by atoms with Gasteiger partial charge in [-0.05, 0) is 46.6 Å². The van der Waals surface area contributed by atoms with Gasteiger partial charge in [0.15, 0.2) is 11.4 Å². The van der Waals surface area contributed by atoms with Crippen LogP contribution in [0.4, 0.5) is 0 Å². The van der Waals surface area contributed by atoms with Crippen LogP contribution in [-0.2, 0) is 14.7 Å². The van der Waals surface area contributed by atoms with Gasteiger partial charge in [0, 0.05) is 18.4 Å². The Morgan fingerprint density at radius 2 is 1.72 bits per heavy atom. The van der Waals surface area contributed by atoms with Crippen LogP contribution in [-0.4, -0.2) is 38.7 Å². The maximum absolute atomic E-state index is 11.9. The Morgan fingerprint density at radius 1 is 1.12 bits per heavy atom. The first kappa shape index (κ1) is 16.7. The average molecular weight is 341 g/mol. The molecule has 2 aromatic rings. The van der Waals surface area contributed by atoms with Gasteiger partial charge in [-0.1, -0.05) is 6.92 Å². The molecule has 0 unspecified atom stereocenters. The van der Waals surface area contributed by atoms with Crippen LogP contribution in [0.5, 0.6) is 0 Å². The van der Waals surface area contributed by atoms with Gasteiger partial charge in [0.05, 0.1) is 22.5 Å². The fraction of sp³-hybridized carbons (Fsp3) is 0.611. The van der Waals surface area contributed by atoms with Crippen molar-refractivity contribution >= 4 is 24.1 Å². The van der Waals surface area contributed by atoms with E-state index in [1.807, 2.05) is 44.3 Å². The quantitative estimate of drug-likeness (QED) is 0.633. The van der Waals surface area contributed by atoms with Gasteiger partial charge in [-0.15, -0.1) is 0 Å². The van der Waals surface area contributed by atoms with Gasteiger partial charge in [0.25, 0.3) is 0 Å². The van der Waals surface area contributed by atoms with Gasteiger partial charge < -0.3 is 9.31 Å². The van der Waals surface area contributed by atoms with Gasteiger partial charge in [-0.2, -0.15) is 5.10 Å². The van der Waals surface area contributed by atoms with E-state index >= 15 is 0 Å². The normalized spacial score (nSPS) is 23.2. The monoisotopic (exact) mass is 341 g/mol. The average Bonchev–Trinajstić information content (AvgIpc) is 3.03. The van der Waals surface area contributed by atoms with Crippen LogP contribution >= 0.6 is 0 Å². The minimum Gasteiger partial charge on any atom is -0.398 e. The van der Waals surface area contributed by atoms with Crippen molar-refractivity contribution in [3.8, 4) is 0 Å². The molecule has 0 bridgehead atoms. The Balaban J connectivity index is 1.82. The van der Waals surface area contributed by atoms with Gasteiger partial charge in [-0.25, -0.2) is 9.50 Å². The molecule has 2 aliphatic rings. The largest absolute Gasteiger partial charge is 0.516 e. The summed E-state index contributed by atoms with van der Waals surface area (Å²) in [4.78, 5) is 16.4. The predicted octanol–water partition coefficient (Wildman–Crippen LogP) is 2.28. The molecular weight excluding hydrogens is 317 g/mol. The van der Waals surface area contributed by atoms with Crippen molar-refractivity contribution < 1.29 is 14.1 Å². The minimum atomic E-state index is -0.535. The summed E-state index contributed by atoms with van der Waals surface area (Å²) < 4.78 is 14.1. The summed E-state index contributed by atoms with van der Waals surface area (Å²) in [7, 11) is -0.535. The summed E-state index contributed by atoms with van der Waals surface area (Å²) in [6.45, 7) is 11.8. The molecule has 2 fully saturated rings. The third kappa shape index (κ3) is 2.52. The van der Waals surface area contributed by atoms with Crippen molar-refractivity contribution in [2.45, 2.75) is 71.0 Å². The van der Waals surface area contributed by atoms with Crippen molar-refractivity contribution in [1.82, 2.24) is 14.6 Å². The van der Waals surface area contributed by atoms with Gasteiger partial charge in [0.2, 0.25) is 0 Å². The van der Waals surface area contributed by atoms with E-state index in [1.165, 1.54) is 0 Å². The maximum atomic E-state index is 11.9. The molecule has 0 atom stereocenters. The number of fused-ring (bicyclic) bond motifs is 1. The number of rotatable bonds is 3. The molecule has 0 N–H and O–H groups in total. The lowest BCUT2D eigenvalue weighted by molar-refractivity contribution is 0.00578. The molecule has 6 nitrogen and oxygen atoms in total. The Labute approximate surface area is 148 Å². The molecule has 2 aromatic heterocycles. The molecule has 25 heavy (non-hydrogen) atoms. The van der Waals surface area contributed by atoms with E-state index in [-0.39, 0.29) is 11.2 Å². The summed E-state index contributed by atoms with van der Waals surface area (Å²) in [6, 6.07) is 3.74. The smallest absolute Gasteiger partial charge is 0.398 e. The van der Waals surface area contributed by atoms with Crippen molar-refractivity contribution in [1.29, 1.82) is 0 Å². The highest BCUT2D eigenvalue weighted by molar-refractivity contribution is 6.61. The molecule has 3 heterocycles. The molecule has 1 aliphatic carbocycles. The SMILES string of the molecule is CC(=O)c1cc(C2(C)CC2)n2nc(B3OC(C)(C)C(C)(C)O3)cc2n1. The number of ketones is 1. The first-order valence-corrected chi connectivity index (χ1v) is 8.80. The molecule has 0 aromatic carbocycles. The second kappa shape index (κ2) is 4.92. The van der Waals surface area contributed by atoms with Gasteiger partial charge in [-0.3, -0.25) is 4.79 Å². The van der Waals surface area contributed by atoms with Crippen LogP contribution in [0.2, 0.25) is 0 Å². The van der Waals surface area contributed by atoms with Crippen LogP contribution in [0.15, 0.2) is 12.1 Å². The summed E-state index contributed by atoms with van der Waals surface area (Å²) in [5, 5.41) is 4.73. The molecule has 1 aliphatic heterocycles. The summed E-state index contributed by atoms with van der Waals surface area (Å²) >= 11 is 0. The van der Waals surface area contributed by atoms with Gasteiger partial charge in [0.1, 0.15) is 5.69 Å². The lowest BCUT2D eigenvalue weighted by Gasteiger charge is -2.32. The Bertz CT molecular complexity index is 867. The number of aromatic nitrogens is 3. The molecule has 7 heteroatoms.